The Morgan fingerprint density at radius 1 is 1.14 bits per heavy atom. The van der Waals surface area contributed by atoms with Crippen LogP contribution >= 0.6 is 15.6 Å². The van der Waals surface area contributed by atoms with E-state index in [2.05, 4.69) is 19.3 Å². The maximum Gasteiger partial charge on any atom is 0.481 e. The zero-order valence-electron chi connectivity index (χ0n) is 22.5. The highest BCUT2D eigenvalue weighted by atomic mass is 31.3. The zero-order valence-corrected chi connectivity index (χ0v) is 24.3. The van der Waals surface area contributed by atoms with E-state index in [1.54, 1.807) is 6.92 Å². The molecule has 1 aromatic carbocycles. The van der Waals surface area contributed by atoms with Crippen LogP contribution in [0.1, 0.15) is 33.3 Å². The molecule has 21 heteroatoms. The second-order valence-corrected chi connectivity index (χ2v) is 12.5. The number of phosphoric ester groups is 2. The number of ether oxygens (including phenoxy) is 3. The van der Waals surface area contributed by atoms with Crippen molar-refractivity contribution in [1.29, 1.82) is 0 Å². The first-order valence-corrected chi connectivity index (χ1v) is 15.4. The number of phenols is 1. The van der Waals surface area contributed by atoms with Crippen molar-refractivity contribution in [3.05, 3.63) is 34.9 Å². The molecule has 234 valence electrons. The number of methoxy groups -OCH3 is 1. The van der Waals surface area contributed by atoms with E-state index in [-0.39, 0.29) is 46.9 Å². The third-order valence-corrected chi connectivity index (χ3v) is 9.50. The molecule has 3 aromatic rings. The number of benzene rings is 1. The second kappa shape index (κ2) is 11.7. The Bertz CT molecular complexity index is 1670. The lowest BCUT2D eigenvalue weighted by atomic mass is 9.95. The highest BCUT2D eigenvalue weighted by molar-refractivity contribution is 7.61. The van der Waals surface area contributed by atoms with Crippen LogP contribution < -0.4 is 10.5 Å². The van der Waals surface area contributed by atoms with E-state index in [1.807, 2.05) is 0 Å². The van der Waals surface area contributed by atoms with Crippen LogP contribution in [0.4, 0.5) is 5.82 Å². The number of aliphatic hydroxyl groups excluding tert-OH is 2. The van der Waals surface area contributed by atoms with Crippen molar-refractivity contribution in [2.24, 2.45) is 0 Å². The Balaban J connectivity index is 1.19. The quantitative estimate of drug-likeness (QED) is 0.120. The van der Waals surface area contributed by atoms with Gasteiger partial charge in [-0.05, 0) is 12.5 Å². The summed E-state index contributed by atoms with van der Waals surface area (Å²) in [7, 11) is -9.23. The number of carbonyl (C=O) groups is 1. The van der Waals surface area contributed by atoms with Gasteiger partial charge in [0.2, 0.25) is 0 Å². The summed E-state index contributed by atoms with van der Waals surface area (Å²) in [5.74, 6) is -0.947. The number of cyclic esters (lactones) is 1. The summed E-state index contributed by atoms with van der Waals surface area (Å²) in [5.41, 5.74) is 7.10. The third kappa shape index (κ3) is 5.97. The summed E-state index contributed by atoms with van der Waals surface area (Å²) in [6.45, 7) is 0.0915. The molecule has 7 N–H and O–H groups in total. The largest absolute Gasteiger partial charge is 0.507 e. The fraction of sp³-hybridized carbons (Fsp3) is 0.455. The van der Waals surface area contributed by atoms with Gasteiger partial charge in [-0.1, -0.05) is 0 Å². The van der Waals surface area contributed by atoms with Crippen molar-refractivity contribution >= 4 is 38.6 Å². The minimum absolute atomic E-state index is 0.0563. The lowest BCUT2D eigenvalue weighted by molar-refractivity contribution is -0.0504. The second-order valence-electron chi connectivity index (χ2n) is 9.44. The molecule has 0 spiro atoms. The third-order valence-electron chi connectivity index (χ3n) is 6.86. The molecule has 2 unspecified atom stereocenters. The van der Waals surface area contributed by atoms with Crippen LogP contribution in [0.2, 0.25) is 0 Å². The Morgan fingerprint density at radius 3 is 2.58 bits per heavy atom. The number of rotatable bonds is 11. The van der Waals surface area contributed by atoms with E-state index in [4.69, 9.17) is 29.0 Å². The molecule has 0 radical (unpaired) electrons. The van der Waals surface area contributed by atoms with Gasteiger partial charge in [0.25, 0.3) is 0 Å². The van der Waals surface area contributed by atoms with Gasteiger partial charge < -0.3 is 45.1 Å². The number of esters is 1. The lowest BCUT2D eigenvalue weighted by Gasteiger charge is -2.20. The summed E-state index contributed by atoms with van der Waals surface area (Å²) in [5, 5.41) is 31.5. The molecule has 0 bridgehead atoms. The van der Waals surface area contributed by atoms with Gasteiger partial charge in [-0.3, -0.25) is 13.6 Å². The van der Waals surface area contributed by atoms with E-state index >= 15 is 0 Å². The number of hydrogen-bond donors (Lipinski definition) is 6. The fourth-order valence-corrected chi connectivity index (χ4v) is 6.91. The lowest BCUT2D eigenvalue weighted by Crippen LogP contribution is -2.33. The number of aromatic hydroxyl groups is 1. The minimum Gasteiger partial charge on any atom is -0.507 e. The monoisotopic (exact) mass is 647 g/mol. The van der Waals surface area contributed by atoms with E-state index in [9.17, 15) is 39.0 Å². The van der Waals surface area contributed by atoms with Crippen molar-refractivity contribution in [1.82, 2.24) is 19.5 Å². The summed E-state index contributed by atoms with van der Waals surface area (Å²) in [6, 6.07) is 0. The van der Waals surface area contributed by atoms with Crippen LogP contribution in [0.3, 0.4) is 0 Å². The Kier molecular flexibility index (Phi) is 8.49. The number of nitrogens with zero attached hydrogens (tertiary/aromatic N) is 4. The van der Waals surface area contributed by atoms with Crippen molar-refractivity contribution in [3.8, 4) is 11.5 Å². The molecule has 0 amide bonds. The molecule has 2 aliphatic heterocycles. The number of phosphoric acid groups is 2. The smallest absolute Gasteiger partial charge is 0.481 e. The van der Waals surface area contributed by atoms with Gasteiger partial charge in [0.15, 0.2) is 17.7 Å². The topological polar surface area (TPSA) is 277 Å². The minimum atomic E-state index is -5.30. The number of hydrogen-bond acceptors (Lipinski definition) is 16. The molecular weight excluding hydrogens is 620 g/mol. The standard InChI is InChI=1S/C22H27N5O14P2/c1-9-11-5-37-22(31)13(11)15(28)10(18(9)36-2)3-4-38-42(32,33)41-43(34,35)39-6-12-16(29)17(30)21(40-12)27-8-26-14-19(23)24-7-25-20(14)27/h7-8,12,16-17,21,28-30H,3-6H2,1-2H3,(H,32,33)(H,34,35)(H2,23,24,25)/t12-,16-,17-,21-/m1/s1. The SMILES string of the molecule is COc1c(C)c2c(c(O)c1CCOP(=O)(O)OP(=O)(O)OC[C@H]1O[C@@H](n3cnc4c(N)ncnc43)[C@H](O)[C@@H]1O)C(=O)OC2. The average molecular weight is 647 g/mol. The number of nitrogens with two attached hydrogens (primary N) is 1. The van der Waals surface area contributed by atoms with E-state index in [0.29, 0.717) is 11.1 Å². The molecule has 43 heavy (non-hydrogen) atoms. The fourth-order valence-electron chi connectivity index (χ4n) is 4.83. The molecular formula is C22H27N5O14P2. The van der Waals surface area contributed by atoms with Crippen molar-refractivity contribution < 1.29 is 66.6 Å². The molecule has 0 aliphatic carbocycles. The zero-order chi connectivity index (χ0) is 31.3. The Labute approximate surface area is 242 Å². The van der Waals surface area contributed by atoms with Crippen molar-refractivity contribution in [2.75, 3.05) is 26.1 Å². The molecule has 6 atom stereocenters. The molecule has 2 aromatic heterocycles. The van der Waals surface area contributed by atoms with Gasteiger partial charge >= 0.3 is 21.6 Å². The van der Waals surface area contributed by atoms with Crippen LogP contribution in [0, 0.1) is 6.92 Å². The number of carbonyl (C=O) groups excluding carboxylic acids is 1. The average Bonchev–Trinajstić information content (AvgIpc) is 3.62. The molecule has 2 aliphatic rings. The molecule has 1 fully saturated rings. The Morgan fingerprint density at radius 2 is 1.86 bits per heavy atom. The molecule has 0 saturated carbocycles. The summed E-state index contributed by atoms with van der Waals surface area (Å²) in [4.78, 5) is 44.0. The van der Waals surface area contributed by atoms with Crippen LogP contribution in [-0.2, 0) is 45.0 Å². The number of anilines is 1. The number of fused-ring (bicyclic) bond motifs is 2. The van der Waals surface area contributed by atoms with Crippen LogP contribution in [-0.4, -0.2) is 89.2 Å². The van der Waals surface area contributed by atoms with E-state index in [0.717, 1.165) is 6.33 Å². The van der Waals surface area contributed by atoms with Gasteiger partial charge in [0.05, 0.1) is 26.7 Å². The number of aliphatic hydroxyl groups is 2. The molecule has 1 saturated heterocycles. The summed E-state index contributed by atoms with van der Waals surface area (Å²) < 4.78 is 55.8. The highest BCUT2D eigenvalue weighted by Crippen LogP contribution is 2.60. The van der Waals surface area contributed by atoms with Gasteiger partial charge in [-0.15, -0.1) is 0 Å². The van der Waals surface area contributed by atoms with Crippen LogP contribution in [0.25, 0.3) is 11.2 Å². The number of imidazole rings is 1. The van der Waals surface area contributed by atoms with Gasteiger partial charge in [0, 0.05) is 17.5 Å². The van der Waals surface area contributed by atoms with E-state index < -0.39 is 65.1 Å². The van der Waals surface area contributed by atoms with Crippen LogP contribution in [0.5, 0.6) is 11.5 Å². The molecule has 4 heterocycles. The van der Waals surface area contributed by atoms with Crippen molar-refractivity contribution in [3.63, 3.8) is 0 Å². The van der Waals surface area contributed by atoms with Crippen LogP contribution in [0.15, 0.2) is 12.7 Å². The van der Waals surface area contributed by atoms with E-state index in [1.165, 1.54) is 18.0 Å². The van der Waals surface area contributed by atoms with Gasteiger partial charge in [-0.25, -0.2) is 28.9 Å². The predicted octanol–water partition coefficient (Wildman–Crippen LogP) is 0.214. The van der Waals surface area contributed by atoms with Crippen molar-refractivity contribution in [2.45, 2.75) is 44.5 Å². The first kappa shape index (κ1) is 31.2. The first-order chi connectivity index (χ1) is 20.2. The molecule has 5 rings (SSSR count). The summed E-state index contributed by atoms with van der Waals surface area (Å²) in [6.07, 6.45) is -3.73. The Hall–Kier alpha value is -3.22. The normalized spacial score (nSPS) is 24.5. The first-order valence-electron chi connectivity index (χ1n) is 12.4. The maximum absolute atomic E-state index is 12.4. The van der Waals surface area contributed by atoms with Gasteiger partial charge in [-0.2, -0.15) is 4.31 Å². The number of phenolic OH excluding ortho intramolecular Hbond substituents is 1. The highest BCUT2D eigenvalue weighted by Gasteiger charge is 2.46. The maximum atomic E-state index is 12.4. The summed E-state index contributed by atoms with van der Waals surface area (Å²) >= 11 is 0. The van der Waals surface area contributed by atoms with Gasteiger partial charge in [0.1, 0.15) is 53.8 Å². The predicted molar refractivity (Wildman–Crippen MR) is 141 cm³/mol. The number of aromatic nitrogens is 4. The molecule has 19 nitrogen and oxygen atoms in total. The number of nitrogen functional groups attached to an aromatic ring is 1.